The second kappa shape index (κ2) is 6.50. The highest BCUT2D eigenvalue weighted by molar-refractivity contribution is 5.76. The lowest BCUT2D eigenvalue weighted by atomic mass is 10.1. The summed E-state index contributed by atoms with van der Waals surface area (Å²) in [4.78, 5) is 24.5. The zero-order valence-corrected chi connectivity index (χ0v) is 11.7. The van der Waals surface area contributed by atoms with Crippen LogP contribution in [0.5, 0.6) is 0 Å². The number of anilines is 1. The predicted molar refractivity (Wildman–Crippen MR) is 74.9 cm³/mol. The van der Waals surface area contributed by atoms with Gasteiger partial charge in [-0.25, -0.2) is 4.98 Å². The van der Waals surface area contributed by atoms with E-state index in [0.29, 0.717) is 12.3 Å². The molecule has 1 aromatic heterocycles. The van der Waals surface area contributed by atoms with Crippen LogP contribution in [0, 0.1) is 5.92 Å². The predicted octanol–water partition coefficient (Wildman–Crippen LogP) is 1.56. The van der Waals surface area contributed by atoms with Crippen molar-refractivity contribution in [1.82, 2.24) is 14.9 Å². The minimum atomic E-state index is 0.285. The molecule has 0 unspecified atom stereocenters. The first-order valence-electron chi connectivity index (χ1n) is 6.95. The van der Waals surface area contributed by atoms with Crippen molar-refractivity contribution < 1.29 is 4.79 Å². The lowest BCUT2D eigenvalue weighted by Gasteiger charge is -2.35. The van der Waals surface area contributed by atoms with Gasteiger partial charge in [-0.1, -0.05) is 13.8 Å². The smallest absolute Gasteiger partial charge is 0.222 e. The van der Waals surface area contributed by atoms with Crippen molar-refractivity contribution in [3.05, 3.63) is 18.6 Å². The maximum Gasteiger partial charge on any atom is 0.222 e. The van der Waals surface area contributed by atoms with E-state index in [1.807, 2.05) is 4.90 Å². The Bertz CT molecular complexity index is 399. The molecule has 1 fully saturated rings. The molecule has 5 heteroatoms. The molecular formula is C14H22N4O. The average molecular weight is 262 g/mol. The second-order valence-corrected chi connectivity index (χ2v) is 5.36. The molecule has 19 heavy (non-hydrogen) atoms. The highest BCUT2D eigenvalue weighted by Crippen LogP contribution is 2.13. The van der Waals surface area contributed by atoms with E-state index < -0.39 is 0 Å². The molecular weight excluding hydrogens is 240 g/mol. The number of aromatic nitrogens is 2. The van der Waals surface area contributed by atoms with Gasteiger partial charge in [0.2, 0.25) is 5.91 Å². The van der Waals surface area contributed by atoms with Crippen LogP contribution in [0.25, 0.3) is 0 Å². The van der Waals surface area contributed by atoms with Gasteiger partial charge in [0.05, 0.1) is 6.20 Å². The molecule has 0 radical (unpaired) electrons. The van der Waals surface area contributed by atoms with Crippen molar-refractivity contribution in [2.75, 3.05) is 31.1 Å². The Morgan fingerprint density at radius 1 is 1.26 bits per heavy atom. The third-order valence-electron chi connectivity index (χ3n) is 3.44. The summed E-state index contributed by atoms with van der Waals surface area (Å²) in [6.07, 6.45) is 6.80. The summed E-state index contributed by atoms with van der Waals surface area (Å²) >= 11 is 0. The summed E-state index contributed by atoms with van der Waals surface area (Å²) in [5, 5.41) is 0. The summed E-state index contributed by atoms with van der Waals surface area (Å²) < 4.78 is 0. The number of carbonyl (C=O) groups excluding carboxylic acids is 1. The molecule has 0 spiro atoms. The molecule has 2 rings (SSSR count). The minimum Gasteiger partial charge on any atom is -0.352 e. The number of rotatable bonds is 4. The van der Waals surface area contributed by atoms with Crippen LogP contribution in [0.3, 0.4) is 0 Å². The number of hydrogen-bond donors (Lipinski definition) is 0. The molecule has 1 aliphatic heterocycles. The fourth-order valence-corrected chi connectivity index (χ4v) is 2.21. The lowest BCUT2D eigenvalue weighted by Crippen LogP contribution is -2.49. The van der Waals surface area contributed by atoms with Crippen molar-refractivity contribution >= 4 is 11.7 Å². The molecule has 0 aromatic carbocycles. The molecule has 0 aliphatic carbocycles. The van der Waals surface area contributed by atoms with Gasteiger partial charge in [0, 0.05) is 45.0 Å². The molecule has 1 aromatic rings. The third kappa shape index (κ3) is 3.91. The number of amides is 1. The molecule has 0 saturated carbocycles. The molecule has 0 atom stereocenters. The van der Waals surface area contributed by atoms with Crippen molar-refractivity contribution in [2.24, 2.45) is 5.92 Å². The van der Waals surface area contributed by atoms with Gasteiger partial charge in [-0.2, -0.15) is 0 Å². The fourth-order valence-electron chi connectivity index (χ4n) is 2.21. The second-order valence-electron chi connectivity index (χ2n) is 5.36. The molecule has 0 N–H and O–H groups in total. The SMILES string of the molecule is CC(C)CCC(=O)N1CCN(c2cnccn2)CC1. The van der Waals surface area contributed by atoms with Gasteiger partial charge < -0.3 is 9.80 Å². The van der Waals surface area contributed by atoms with E-state index in [-0.39, 0.29) is 5.91 Å². The highest BCUT2D eigenvalue weighted by atomic mass is 16.2. The normalized spacial score (nSPS) is 15.9. The van der Waals surface area contributed by atoms with E-state index in [1.54, 1.807) is 18.6 Å². The van der Waals surface area contributed by atoms with E-state index in [9.17, 15) is 4.79 Å². The number of carbonyl (C=O) groups is 1. The molecule has 1 saturated heterocycles. The van der Waals surface area contributed by atoms with Crippen LogP contribution in [0.2, 0.25) is 0 Å². The van der Waals surface area contributed by atoms with Gasteiger partial charge in [0.1, 0.15) is 5.82 Å². The quantitative estimate of drug-likeness (QED) is 0.826. The summed E-state index contributed by atoms with van der Waals surface area (Å²) in [5.41, 5.74) is 0. The maximum absolute atomic E-state index is 12.0. The highest BCUT2D eigenvalue weighted by Gasteiger charge is 2.21. The van der Waals surface area contributed by atoms with Crippen molar-refractivity contribution in [3.8, 4) is 0 Å². The van der Waals surface area contributed by atoms with E-state index in [4.69, 9.17) is 0 Å². The molecule has 5 nitrogen and oxygen atoms in total. The Labute approximate surface area is 114 Å². The minimum absolute atomic E-state index is 0.285. The van der Waals surface area contributed by atoms with E-state index >= 15 is 0 Å². The molecule has 104 valence electrons. The summed E-state index contributed by atoms with van der Waals surface area (Å²) in [7, 11) is 0. The number of nitrogens with zero attached hydrogens (tertiary/aromatic N) is 4. The standard InChI is InChI=1S/C14H22N4O/c1-12(2)3-4-14(19)18-9-7-17(8-10-18)13-11-15-5-6-16-13/h5-6,11-12H,3-4,7-10H2,1-2H3. The van der Waals surface area contributed by atoms with Crippen molar-refractivity contribution in [2.45, 2.75) is 26.7 Å². The van der Waals surface area contributed by atoms with Crippen LogP contribution in [0.15, 0.2) is 18.6 Å². The van der Waals surface area contributed by atoms with E-state index in [2.05, 4.69) is 28.7 Å². The van der Waals surface area contributed by atoms with Crippen LogP contribution in [0.4, 0.5) is 5.82 Å². The summed E-state index contributed by atoms with van der Waals surface area (Å²) in [6.45, 7) is 7.55. The molecule has 2 heterocycles. The van der Waals surface area contributed by atoms with Gasteiger partial charge in [-0.05, 0) is 12.3 Å². The van der Waals surface area contributed by atoms with Gasteiger partial charge >= 0.3 is 0 Å². The Morgan fingerprint density at radius 3 is 2.58 bits per heavy atom. The van der Waals surface area contributed by atoms with Gasteiger partial charge in [0.15, 0.2) is 0 Å². The third-order valence-corrected chi connectivity index (χ3v) is 3.44. The van der Waals surface area contributed by atoms with Crippen LogP contribution in [0.1, 0.15) is 26.7 Å². The summed E-state index contributed by atoms with van der Waals surface area (Å²) in [6, 6.07) is 0. The Morgan fingerprint density at radius 2 is 2.00 bits per heavy atom. The Kier molecular flexibility index (Phi) is 4.71. The molecule has 1 aliphatic rings. The zero-order valence-electron chi connectivity index (χ0n) is 11.7. The zero-order chi connectivity index (χ0) is 13.7. The van der Waals surface area contributed by atoms with Gasteiger partial charge in [-0.3, -0.25) is 9.78 Å². The monoisotopic (exact) mass is 262 g/mol. The van der Waals surface area contributed by atoms with Crippen LogP contribution in [-0.2, 0) is 4.79 Å². The van der Waals surface area contributed by atoms with Crippen LogP contribution < -0.4 is 4.90 Å². The molecule has 1 amide bonds. The largest absolute Gasteiger partial charge is 0.352 e. The average Bonchev–Trinajstić information content (AvgIpc) is 2.46. The van der Waals surface area contributed by atoms with Crippen molar-refractivity contribution in [3.63, 3.8) is 0 Å². The first-order chi connectivity index (χ1) is 9.16. The Balaban J connectivity index is 1.81. The van der Waals surface area contributed by atoms with E-state index in [0.717, 1.165) is 38.4 Å². The fraction of sp³-hybridized carbons (Fsp3) is 0.643. The summed E-state index contributed by atoms with van der Waals surface area (Å²) in [5.74, 6) is 1.77. The van der Waals surface area contributed by atoms with Crippen LogP contribution >= 0.6 is 0 Å². The van der Waals surface area contributed by atoms with Crippen LogP contribution in [-0.4, -0.2) is 47.0 Å². The Hall–Kier alpha value is -1.65. The first-order valence-corrected chi connectivity index (χ1v) is 6.95. The number of piperazine rings is 1. The molecule has 0 bridgehead atoms. The van der Waals surface area contributed by atoms with Crippen molar-refractivity contribution in [1.29, 1.82) is 0 Å². The lowest BCUT2D eigenvalue weighted by molar-refractivity contribution is -0.131. The topological polar surface area (TPSA) is 49.3 Å². The van der Waals surface area contributed by atoms with E-state index in [1.165, 1.54) is 0 Å². The van der Waals surface area contributed by atoms with Gasteiger partial charge in [0.25, 0.3) is 0 Å². The number of hydrogen-bond acceptors (Lipinski definition) is 4. The van der Waals surface area contributed by atoms with Gasteiger partial charge in [-0.15, -0.1) is 0 Å². The first kappa shape index (κ1) is 13.8. The maximum atomic E-state index is 12.0.